The molecule has 1 fully saturated rings. The molecule has 0 radical (unpaired) electrons. The van der Waals surface area contributed by atoms with Crippen LogP contribution in [0.15, 0.2) is 41.1 Å². The summed E-state index contributed by atoms with van der Waals surface area (Å²) < 4.78 is 11.2. The van der Waals surface area contributed by atoms with Crippen LogP contribution in [0, 0.1) is 0 Å². The summed E-state index contributed by atoms with van der Waals surface area (Å²) in [7, 11) is 0. The molecule has 0 amide bonds. The predicted molar refractivity (Wildman–Crippen MR) is 88.2 cm³/mol. The molecule has 4 heteroatoms. The number of hydrogen-bond donors (Lipinski definition) is 0. The first kappa shape index (κ1) is 18.0. The first-order chi connectivity index (χ1) is 10.2. The van der Waals surface area contributed by atoms with Crippen LogP contribution in [0.4, 0.5) is 0 Å². The molecule has 0 unspecified atom stereocenters. The number of ether oxygens (including phenoxy) is 2. The Morgan fingerprint density at radius 3 is 2.81 bits per heavy atom. The van der Waals surface area contributed by atoms with Crippen molar-refractivity contribution in [1.82, 2.24) is 0 Å². The van der Waals surface area contributed by atoms with Crippen molar-refractivity contribution in [3.63, 3.8) is 0 Å². The largest absolute Gasteiger partial charge is 0.460 e. The van der Waals surface area contributed by atoms with Crippen molar-refractivity contribution in [2.75, 3.05) is 0 Å². The third-order valence-corrected chi connectivity index (χ3v) is 3.37. The molecule has 3 atom stereocenters. The highest BCUT2D eigenvalue weighted by molar-refractivity contribution is 9.11. The SMILES string of the molecule is CC/C=C/C/C=C\C[C@@H]1O[C@@H](C=C=CBr)C[C@H]1OC(C)=O. The van der Waals surface area contributed by atoms with Crippen LogP contribution in [0.2, 0.25) is 0 Å². The Morgan fingerprint density at radius 2 is 2.14 bits per heavy atom. The van der Waals surface area contributed by atoms with E-state index < -0.39 is 0 Å². The summed E-state index contributed by atoms with van der Waals surface area (Å²) in [4.78, 5) is 12.8. The van der Waals surface area contributed by atoms with Gasteiger partial charge in [-0.15, -0.1) is 5.73 Å². The van der Waals surface area contributed by atoms with Crippen molar-refractivity contribution >= 4 is 21.9 Å². The van der Waals surface area contributed by atoms with Gasteiger partial charge >= 0.3 is 5.97 Å². The van der Waals surface area contributed by atoms with Gasteiger partial charge in [0.2, 0.25) is 0 Å². The van der Waals surface area contributed by atoms with E-state index in [1.165, 1.54) is 6.92 Å². The molecular formula is C17H23BrO3. The van der Waals surface area contributed by atoms with Crippen molar-refractivity contribution in [3.05, 3.63) is 41.1 Å². The van der Waals surface area contributed by atoms with Crippen molar-refractivity contribution in [2.45, 2.75) is 57.8 Å². The van der Waals surface area contributed by atoms with Crippen LogP contribution in [0.1, 0.15) is 39.5 Å². The van der Waals surface area contributed by atoms with Gasteiger partial charge in [0.05, 0.1) is 12.2 Å². The average Bonchev–Trinajstić information content (AvgIpc) is 2.82. The van der Waals surface area contributed by atoms with Gasteiger partial charge in [-0.05, 0) is 25.3 Å². The summed E-state index contributed by atoms with van der Waals surface area (Å²) in [6.07, 6.45) is 13.4. The number of halogens is 1. The van der Waals surface area contributed by atoms with E-state index in [1.54, 1.807) is 4.99 Å². The molecule has 1 aliphatic rings. The van der Waals surface area contributed by atoms with Crippen LogP contribution in [-0.2, 0) is 14.3 Å². The number of carbonyl (C=O) groups excluding carboxylic acids is 1. The molecule has 21 heavy (non-hydrogen) atoms. The van der Waals surface area contributed by atoms with E-state index in [-0.39, 0.29) is 24.3 Å². The van der Waals surface area contributed by atoms with Gasteiger partial charge < -0.3 is 9.47 Å². The van der Waals surface area contributed by atoms with Crippen molar-refractivity contribution in [3.8, 4) is 0 Å². The second-order valence-corrected chi connectivity index (χ2v) is 5.32. The fourth-order valence-electron chi connectivity index (χ4n) is 2.21. The Bertz CT molecular complexity index is 433. The highest BCUT2D eigenvalue weighted by atomic mass is 79.9. The molecule has 0 N–H and O–H groups in total. The standard InChI is InChI=1S/C17H23BrO3/c1-3-4-5-6-7-8-11-16-17(20-14(2)19)13-15(21-16)10-9-12-18/h4-5,7-8,10,12,15-17H,3,6,11,13H2,1-2H3/b5-4+,8-7-/t9?,15-,16-,17+/m0/s1. The molecule has 0 aromatic carbocycles. The van der Waals surface area contributed by atoms with Crippen molar-refractivity contribution in [2.24, 2.45) is 0 Å². The van der Waals surface area contributed by atoms with Crippen LogP contribution in [0.25, 0.3) is 0 Å². The van der Waals surface area contributed by atoms with Gasteiger partial charge in [-0.1, -0.05) is 47.2 Å². The summed E-state index contributed by atoms with van der Waals surface area (Å²) in [6, 6.07) is 0. The maximum atomic E-state index is 11.2. The molecule has 0 aromatic heterocycles. The van der Waals surface area contributed by atoms with Crippen LogP contribution in [0.3, 0.4) is 0 Å². The zero-order valence-electron chi connectivity index (χ0n) is 12.6. The molecule has 1 heterocycles. The molecular weight excluding hydrogens is 332 g/mol. The van der Waals surface area contributed by atoms with E-state index in [0.29, 0.717) is 6.42 Å². The molecule has 116 valence electrons. The quantitative estimate of drug-likeness (QED) is 0.385. The van der Waals surface area contributed by atoms with Crippen LogP contribution in [-0.4, -0.2) is 24.3 Å². The minimum absolute atomic E-state index is 0.0541. The van der Waals surface area contributed by atoms with Crippen LogP contribution >= 0.6 is 15.9 Å². The highest BCUT2D eigenvalue weighted by Gasteiger charge is 2.35. The lowest BCUT2D eigenvalue weighted by Crippen LogP contribution is -2.25. The first-order valence-corrected chi connectivity index (χ1v) is 8.22. The predicted octanol–water partition coefficient (Wildman–Crippen LogP) is 4.44. The summed E-state index contributed by atoms with van der Waals surface area (Å²) >= 11 is 3.17. The normalized spacial score (nSPS) is 25.2. The lowest BCUT2D eigenvalue weighted by atomic mass is 10.1. The summed E-state index contributed by atoms with van der Waals surface area (Å²) in [6.45, 7) is 3.55. The molecule has 0 aliphatic carbocycles. The first-order valence-electron chi connectivity index (χ1n) is 7.31. The molecule has 0 spiro atoms. The number of hydrogen-bond acceptors (Lipinski definition) is 3. The Hall–Kier alpha value is -1.09. The smallest absolute Gasteiger partial charge is 0.302 e. The average molecular weight is 355 g/mol. The second-order valence-electron chi connectivity index (χ2n) is 4.86. The molecule has 0 bridgehead atoms. The fraction of sp³-hybridized carbons (Fsp3) is 0.529. The molecule has 1 rings (SSSR count). The zero-order valence-corrected chi connectivity index (χ0v) is 14.2. The number of rotatable bonds is 7. The van der Waals surface area contributed by atoms with E-state index in [0.717, 1.165) is 19.3 Å². The number of esters is 1. The topological polar surface area (TPSA) is 35.5 Å². The van der Waals surface area contributed by atoms with Gasteiger partial charge in [0.1, 0.15) is 6.10 Å². The van der Waals surface area contributed by atoms with Gasteiger partial charge in [-0.2, -0.15) is 0 Å². The van der Waals surface area contributed by atoms with Gasteiger partial charge in [0.25, 0.3) is 0 Å². The van der Waals surface area contributed by atoms with Crippen LogP contribution < -0.4 is 0 Å². The maximum absolute atomic E-state index is 11.2. The lowest BCUT2D eigenvalue weighted by molar-refractivity contribution is -0.148. The molecule has 1 aliphatic heterocycles. The summed E-state index contributed by atoms with van der Waals surface area (Å²) in [5, 5.41) is 0. The zero-order chi connectivity index (χ0) is 15.5. The van der Waals surface area contributed by atoms with E-state index in [4.69, 9.17) is 9.47 Å². The highest BCUT2D eigenvalue weighted by Crippen LogP contribution is 2.26. The minimum Gasteiger partial charge on any atom is -0.460 e. The van der Waals surface area contributed by atoms with Crippen molar-refractivity contribution in [1.29, 1.82) is 0 Å². The molecule has 0 aromatic rings. The van der Waals surface area contributed by atoms with E-state index >= 15 is 0 Å². The minimum atomic E-state index is -0.260. The lowest BCUT2D eigenvalue weighted by Gasteiger charge is -2.16. The Balaban J connectivity index is 2.52. The van der Waals surface area contributed by atoms with Gasteiger partial charge in [-0.25, -0.2) is 0 Å². The van der Waals surface area contributed by atoms with Gasteiger partial charge in [-0.3, -0.25) is 4.79 Å². The summed E-state index contributed by atoms with van der Waals surface area (Å²) in [5.74, 6) is -0.260. The number of allylic oxidation sites excluding steroid dienone is 3. The Kier molecular flexibility index (Phi) is 9.07. The third kappa shape index (κ3) is 7.47. The second kappa shape index (κ2) is 10.6. The van der Waals surface area contributed by atoms with Crippen molar-refractivity contribution < 1.29 is 14.3 Å². The summed E-state index contributed by atoms with van der Waals surface area (Å²) in [5.41, 5.74) is 2.95. The Morgan fingerprint density at radius 1 is 1.38 bits per heavy atom. The Labute approximate surface area is 135 Å². The molecule has 1 saturated heterocycles. The van der Waals surface area contributed by atoms with Gasteiger partial charge in [0, 0.05) is 18.3 Å². The fourth-order valence-corrected chi connectivity index (χ4v) is 2.36. The van der Waals surface area contributed by atoms with E-state index in [1.807, 2.05) is 6.08 Å². The third-order valence-electron chi connectivity index (χ3n) is 3.10. The van der Waals surface area contributed by atoms with E-state index in [9.17, 15) is 4.79 Å². The monoisotopic (exact) mass is 354 g/mol. The van der Waals surface area contributed by atoms with Gasteiger partial charge in [0.15, 0.2) is 0 Å². The van der Waals surface area contributed by atoms with Crippen LogP contribution in [0.5, 0.6) is 0 Å². The van der Waals surface area contributed by atoms with E-state index in [2.05, 4.69) is 52.9 Å². The molecule has 3 nitrogen and oxygen atoms in total. The molecule has 0 saturated carbocycles. The number of carbonyl (C=O) groups is 1. The maximum Gasteiger partial charge on any atom is 0.302 e.